The molecule has 0 aliphatic rings. The van der Waals surface area contributed by atoms with E-state index in [9.17, 15) is 0 Å². The summed E-state index contributed by atoms with van der Waals surface area (Å²) in [5.74, 6) is 0.937. The second-order valence-corrected chi connectivity index (χ2v) is 5.60. The third-order valence-electron chi connectivity index (χ3n) is 3.11. The average Bonchev–Trinajstić information content (AvgIpc) is 2.46. The van der Waals surface area contributed by atoms with Gasteiger partial charge in [-0.3, -0.25) is 0 Å². The minimum Gasteiger partial charge on any atom is -0.496 e. The summed E-state index contributed by atoms with van der Waals surface area (Å²) in [7, 11) is 1.72. The van der Waals surface area contributed by atoms with Gasteiger partial charge in [0.05, 0.1) is 13.2 Å². The van der Waals surface area contributed by atoms with E-state index in [2.05, 4.69) is 71.2 Å². The van der Waals surface area contributed by atoms with Gasteiger partial charge in [0.2, 0.25) is 0 Å². The molecular weight excluding hydrogens is 349 g/mol. The van der Waals surface area contributed by atoms with Crippen molar-refractivity contribution in [2.45, 2.75) is 19.4 Å². The van der Waals surface area contributed by atoms with Crippen LogP contribution < -0.4 is 10.1 Å². The fourth-order valence-corrected chi connectivity index (χ4v) is 2.46. The Kier molecular flexibility index (Phi) is 5.07. The molecular formula is C16H18INO. The third-order valence-corrected chi connectivity index (χ3v) is 3.83. The Labute approximate surface area is 128 Å². The first-order valence-corrected chi connectivity index (χ1v) is 7.47. The molecule has 100 valence electrons. The van der Waals surface area contributed by atoms with Crippen LogP contribution in [0.1, 0.15) is 24.9 Å². The van der Waals surface area contributed by atoms with Crippen molar-refractivity contribution in [1.29, 1.82) is 0 Å². The van der Waals surface area contributed by atoms with E-state index in [1.165, 1.54) is 9.13 Å². The molecule has 0 fully saturated rings. The molecule has 0 bridgehead atoms. The molecule has 0 spiro atoms. The Morgan fingerprint density at radius 3 is 2.42 bits per heavy atom. The number of para-hydroxylation sites is 1. The Bertz CT molecular complexity index is 525. The van der Waals surface area contributed by atoms with Gasteiger partial charge in [-0.2, -0.15) is 0 Å². The van der Waals surface area contributed by atoms with Crippen molar-refractivity contribution in [3.8, 4) is 5.75 Å². The van der Waals surface area contributed by atoms with Crippen molar-refractivity contribution < 1.29 is 4.74 Å². The Morgan fingerprint density at radius 2 is 1.79 bits per heavy atom. The van der Waals surface area contributed by atoms with Crippen molar-refractivity contribution >= 4 is 28.3 Å². The fraction of sp³-hybridized carbons (Fsp3) is 0.250. The summed E-state index contributed by atoms with van der Waals surface area (Å²) in [5.41, 5.74) is 2.34. The topological polar surface area (TPSA) is 21.3 Å². The Hall–Kier alpha value is -1.23. The first kappa shape index (κ1) is 14.2. The van der Waals surface area contributed by atoms with Gasteiger partial charge in [-0.1, -0.05) is 25.1 Å². The van der Waals surface area contributed by atoms with E-state index < -0.39 is 0 Å². The van der Waals surface area contributed by atoms with Gasteiger partial charge < -0.3 is 10.1 Å². The van der Waals surface area contributed by atoms with Crippen LogP contribution in [0.5, 0.6) is 5.75 Å². The van der Waals surface area contributed by atoms with E-state index in [0.29, 0.717) is 0 Å². The zero-order valence-electron chi connectivity index (χ0n) is 11.2. The highest BCUT2D eigenvalue weighted by Gasteiger charge is 2.13. The third kappa shape index (κ3) is 3.62. The second-order valence-electron chi connectivity index (χ2n) is 4.35. The highest BCUT2D eigenvalue weighted by atomic mass is 127. The van der Waals surface area contributed by atoms with Gasteiger partial charge in [-0.25, -0.2) is 0 Å². The summed E-state index contributed by atoms with van der Waals surface area (Å²) in [6.07, 6.45) is 1.01. The molecule has 0 heterocycles. The van der Waals surface area contributed by atoms with Gasteiger partial charge in [0.1, 0.15) is 5.75 Å². The summed E-state index contributed by atoms with van der Waals surface area (Å²) in [6.45, 7) is 2.18. The standard InChI is InChI=1S/C16H18INO/c1-3-15(14-6-4-5-7-16(14)19-2)18-13-10-8-12(17)9-11-13/h4-11,15,18H,3H2,1-2H3. The van der Waals surface area contributed by atoms with Crippen molar-refractivity contribution in [2.24, 2.45) is 0 Å². The first-order chi connectivity index (χ1) is 9.24. The number of benzene rings is 2. The highest BCUT2D eigenvalue weighted by molar-refractivity contribution is 14.1. The maximum absolute atomic E-state index is 5.44. The fourth-order valence-electron chi connectivity index (χ4n) is 2.10. The molecule has 0 saturated heterocycles. The summed E-state index contributed by atoms with van der Waals surface area (Å²) >= 11 is 2.31. The predicted molar refractivity (Wildman–Crippen MR) is 88.8 cm³/mol. The van der Waals surface area contributed by atoms with Crippen molar-refractivity contribution in [3.63, 3.8) is 0 Å². The number of methoxy groups -OCH3 is 1. The maximum atomic E-state index is 5.44. The summed E-state index contributed by atoms with van der Waals surface area (Å²) < 4.78 is 6.69. The lowest BCUT2D eigenvalue weighted by Crippen LogP contribution is -2.10. The molecule has 0 aliphatic carbocycles. The largest absolute Gasteiger partial charge is 0.496 e. The number of hydrogen-bond donors (Lipinski definition) is 1. The number of ether oxygens (including phenoxy) is 1. The molecule has 2 nitrogen and oxygen atoms in total. The number of halogens is 1. The smallest absolute Gasteiger partial charge is 0.124 e. The molecule has 0 aromatic heterocycles. The van der Waals surface area contributed by atoms with Crippen LogP contribution in [0, 0.1) is 3.57 Å². The van der Waals surface area contributed by atoms with Crippen LogP contribution in [0.15, 0.2) is 48.5 Å². The van der Waals surface area contributed by atoms with Crippen LogP contribution in [-0.2, 0) is 0 Å². The lowest BCUT2D eigenvalue weighted by molar-refractivity contribution is 0.406. The van der Waals surface area contributed by atoms with E-state index >= 15 is 0 Å². The Balaban J connectivity index is 2.22. The molecule has 2 aromatic carbocycles. The zero-order valence-corrected chi connectivity index (χ0v) is 13.3. The lowest BCUT2D eigenvalue weighted by atomic mass is 10.0. The average molecular weight is 367 g/mol. The molecule has 0 amide bonds. The van der Waals surface area contributed by atoms with Gasteiger partial charge >= 0.3 is 0 Å². The number of hydrogen-bond acceptors (Lipinski definition) is 2. The molecule has 0 radical (unpaired) electrons. The van der Waals surface area contributed by atoms with Crippen LogP contribution in [0.4, 0.5) is 5.69 Å². The van der Waals surface area contributed by atoms with Crippen LogP contribution in [0.2, 0.25) is 0 Å². The van der Waals surface area contributed by atoms with Crippen molar-refractivity contribution in [1.82, 2.24) is 0 Å². The van der Waals surface area contributed by atoms with Crippen LogP contribution in [0.3, 0.4) is 0 Å². The number of nitrogens with one attached hydrogen (secondary N) is 1. The SMILES string of the molecule is CCC(Nc1ccc(I)cc1)c1ccccc1OC. The molecule has 1 N–H and O–H groups in total. The van der Waals surface area contributed by atoms with Crippen molar-refractivity contribution in [3.05, 3.63) is 57.7 Å². The van der Waals surface area contributed by atoms with Gasteiger partial charge in [0.25, 0.3) is 0 Å². The molecule has 19 heavy (non-hydrogen) atoms. The van der Waals surface area contributed by atoms with Crippen LogP contribution in [0.25, 0.3) is 0 Å². The van der Waals surface area contributed by atoms with E-state index in [-0.39, 0.29) is 6.04 Å². The predicted octanol–water partition coefficient (Wildman–Crippen LogP) is 4.86. The van der Waals surface area contributed by atoms with Gasteiger partial charge in [-0.15, -0.1) is 0 Å². The minimum atomic E-state index is 0.260. The van der Waals surface area contributed by atoms with E-state index in [4.69, 9.17) is 4.74 Å². The summed E-state index contributed by atoms with van der Waals surface area (Å²) in [4.78, 5) is 0. The van der Waals surface area contributed by atoms with E-state index in [0.717, 1.165) is 17.9 Å². The number of anilines is 1. The van der Waals surface area contributed by atoms with E-state index in [1.807, 2.05) is 12.1 Å². The molecule has 1 atom stereocenters. The van der Waals surface area contributed by atoms with Gasteiger partial charge in [0, 0.05) is 14.8 Å². The zero-order chi connectivity index (χ0) is 13.7. The second kappa shape index (κ2) is 6.80. The van der Waals surface area contributed by atoms with Crippen LogP contribution in [-0.4, -0.2) is 7.11 Å². The van der Waals surface area contributed by atoms with Gasteiger partial charge in [0.15, 0.2) is 0 Å². The van der Waals surface area contributed by atoms with Crippen molar-refractivity contribution in [2.75, 3.05) is 12.4 Å². The number of rotatable bonds is 5. The molecule has 2 rings (SSSR count). The van der Waals surface area contributed by atoms with Gasteiger partial charge in [-0.05, 0) is 59.3 Å². The summed E-state index contributed by atoms with van der Waals surface area (Å²) in [6, 6.07) is 16.9. The monoisotopic (exact) mass is 367 g/mol. The molecule has 2 aromatic rings. The molecule has 0 aliphatic heterocycles. The lowest BCUT2D eigenvalue weighted by Gasteiger charge is -2.21. The highest BCUT2D eigenvalue weighted by Crippen LogP contribution is 2.29. The maximum Gasteiger partial charge on any atom is 0.124 e. The quantitative estimate of drug-likeness (QED) is 0.762. The normalized spacial score (nSPS) is 11.9. The molecule has 3 heteroatoms. The summed E-state index contributed by atoms with van der Waals surface area (Å²) in [5, 5.41) is 3.56. The first-order valence-electron chi connectivity index (χ1n) is 6.39. The Morgan fingerprint density at radius 1 is 1.11 bits per heavy atom. The van der Waals surface area contributed by atoms with E-state index in [1.54, 1.807) is 7.11 Å². The minimum absolute atomic E-state index is 0.260. The van der Waals surface area contributed by atoms with Crippen LogP contribution >= 0.6 is 22.6 Å². The molecule has 0 saturated carbocycles. The molecule has 1 unspecified atom stereocenters.